The van der Waals surface area contributed by atoms with Gasteiger partial charge in [-0.25, -0.2) is 0 Å². The van der Waals surface area contributed by atoms with E-state index >= 15 is 0 Å². The first kappa shape index (κ1) is 10.8. The summed E-state index contributed by atoms with van der Waals surface area (Å²) in [5.74, 6) is -0.280. The van der Waals surface area contributed by atoms with Gasteiger partial charge in [-0.15, -0.1) is 0 Å². The fourth-order valence-electron chi connectivity index (χ4n) is 1.29. The number of ketones is 1. The topological polar surface area (TPSA) is 37.3 Å². The third kappa shape index (κ3) is 2.13. The molecule has 0 saturated carbocycles. The second-order valence-electron chi connectivity index (χ2n) is 4.35. The summed E-state index contributed by atoms with van der Waals surface area (Å²) in [6.07, 6.45) is 0. The lowest BCUT2D eigenvalue weighted by Crippen LogP contribution is -2.12. The minimum absolute atomic E-state index is 0.197. The average Bonchev–Trinajstić information content (AvgIpc) is 2.02. The van der Waals surface area contributed by atoms with Crippen LogP contribution in [0.1, 0.15) is 36.7 Å². The lowest BCUT2D eigenvalue weighted by atomic mass is 9.85. The number of Topliss-reactive ketones (excluding diaryl/α,β-unsaturated/α-hetero) is 1. The Kier molecular flexibility index (Phi) is 2.65. The molecule has 0 bridgehead atoms. The Morgan fingerprint density at radius 2 is 1.93 bits per heavy atom. The van der Waals surface area contributed by atoms with E-state index in [1.54, 1.807) is 6.07 Å². The minimum atomic E-state index is -0.476. The molecular formula is C12H14O2. The van der Waals surface area contributed by atoms with E-state index in [2.05, 4.69) is 0 Å². The maximum absolute atomic E-state index is 10.9. The first-order valence-corrected chi connectivity index (χ1v) is 4.45. The molecule has 0 aliphatic carbocycles. The third-order valence-electron chi connectivity index (χ3n) is 2.09. The van der Waals surface area contributed by atoms with Gasteiger partial charge in [0.05, 0.1) is 0 Å². The van der Waals surface area contributed by atoms with Crippen LogP contribution in [0.2, 0.25) is 0 Å². The molecule has 2 radical (unpaired) electrons. The normalized spacial score (nSPS) is 11.4. The highest BCUT2D eigenvalue weighted by molar-refractivity contribution is 5.99. The zero-order valence-electron chi connectivity index (χ0n) is 8.66. The van der Waals surface area contributed by atoms with Gasteiger partial charge in [-0.05, 0) is 29.2 Å². The van der Waals surface area contributed by atoms with Crippen molar-refractivity contribution < 1.29 is 9.90 Å². The maximum atomic E-state index is 10.9. The third-order valence-corrected chi connectivity index (χ3v) is 2.09. The van der Waals surface area contributed by atoms with E-state index < -0.39 is 5.78 Å². The number of phenols is 1. The molecule has 0 fully saturated rings. The van der Waals surface area contributed by atoms with Crippen molar-refractivity contribution in [1.29, 1.82) is 0 Å². The number of benzene rings is 1. The zero-order chi connectivity index (χ0) is 10.9. The summed E-state index contributed by atoms with van der Waals surface area (Å²) >= 11 is 0. The van der Waals surface area contributed by atoms with Crippen molar-refractivity contribution in [2.24, 2.45) is 0 Å². The quantitative estimate of drug-likeness (QED) is 0.691. The number of carbonyl (C=O) groups excluding carboxylic acids is 1. The smallest absolute Gasteiger partial charge is 0.167 e. The maximum Gasteiger partial charge on any atom is 0.167 e. The molecule has 0 aliphatic heterocycles. The Bertz CT molecular complexity index is 359. The number of rotatable bonds is 1. The summed E-state index contributed by atoms with van der Waals surface area (Å²) in [4.78, 5) is 10.9. The molecule has 0 heterocycles. The Labute approximate surface area is 84.6 Å². The fraction of sp³-hybridized carbons (Fsp3) is 0.333. The highest BCUT2D eigenvalue weighted by Crippen LogP contribution is 2.31. The van der Waals surface area contributed by atoms with Gasteiger partial charge in [0, 0.05) is 12.5 Å². The minimum Gasteiger partial charge on any atom is -0.508 e. The summed E-state index contributed by atoms with van der Waals surface area (Å²) in [6.45, 7) is 11.1. The van der Waals surface area contributed by atoms with Crippen LogP contribution >= 0.6 is 0 Å². The lowest BCUT2D eigenvalue weighted by molar-refractivity contribution is 0.104. The summed E-state index contributed by atoms with van der Waals surface area (Å²) in [7, 11) is 0. The highest BCUT2D eigenvalue weighted by Gasteiger charge is 2.18. The summed E-state index contributed by atoms with van der Waals surface area (Å²) < 4.78 is 0. The van der Waals surface area contributed by atoms with E-state index in [-0.39, 0.29) is 11.2 Å². The van der Waals surface area contributed by atoms with Crippen LogP contribution in [-0.4, -0.2) is 10.9 Å². The Hall–Kier alpha value is -1.31. The summed E-state index contributed by atoms with van der Waals surface area (Å²) in [5, 5.41) is 9.60. The van der Waals surface area contributed by atoms with Gasteiger partial charge in [0.15, 0.2) is 5.78 Å². The van der Waals surface area contributed by atoms with Crippen LogP contribution in [-0.2, 0) is 5.41 Å². The van der Waals surface area contributed by atoms with Crippen molar-refractivity contribution in [1.82, 2.24) is 0 Å². The molecule has 1 aromatic carbocycles. The molecule has 0 unspecified atom stereocenters. The van der Waals surface area contributed by atoms with Gasteiger partial charge in [0.1, 0.15) is 5.75 Å². The predicted molar refractivity (Wildman–Crippen MR) is 55.4 cm³/mol. The highest BCUT2D eigenvalue weighted by atomic mass is 16.3. The number of aromatic hydroxyl groups is 1. The summed E-state index contributed by atoms with van der Waals surface area (Å²) in [5.41, 5.74) is 0.955. The van der Waals surface area contributed by atoms with Crippen LogP contribution in [0, 0.1) is 6.92 Å². The molecule has 2 heteroatoms. The molecule has 74 valence electrons. The molecule has 14 heavy (non-hydrogen) atoms. The van der Waals surface area contributed by atoms with Crippen molar-refractivity contribution in [3.05, 3.63) is 36.2 Å². The van der Waals surface area contributed by atoms with Crippen LogP contribution in [0.15, 0.2) is 18.2 Å². The van der Waals surface area contributed by atoms with Crippen molar-refractivity contribution in [2.45, 2.75) is 26.2 Å². The van der Waals surface area contributed by atoms with Gasteiger partial charge in [0.25, 0.3) is 0 Å². The van der Waals surface area contributed by atoms with Gasteiger partial charge in [-0.3, -0.25) is 4.79 Å². The number of phenolic OH excluding ortho intramolecular Hbond substituents is 1. The van der Waals surface area contributed by atoms with E-state index in [9.17, 15) is 9.90 Å². The van der Waals surface area contributed by atoms with E-state index in [1.807, 2.05) is 20.8 Å². The van der Waals surface area contributed by atoms with Crippen LogP contribution in [0.3, 0.4) is 0 Å². The van der Waals surface area contributed by atoms with Gasteiger partial charge in [-0.1, -0.05) is 20.8 Å². The number of hydrogen-bond acceptors (Lipinski definition) is 2. The Morgan fingerprint density at radius 3 is 2.36 bits per heavy atom. The standard InChI is InChI=1S/C12H14O2/c1-8(13)9-5-6-11(14)10(7-9)12(2,3)4/h1,5-7,14H,2-4H3. The SMILES string of the molecule is [CH]C(=O)c1ccc(O)c(C(C)(C)C)c1. The fourth-order valence-corrected chi connectivity index (χ4v) is 1.29. The molecule has 0 aromatic heterocycles. The van der Waals surface area contributed by atoms with Crippen LogP contribution in [0.5, 0.6) is 5.75 Å². The van der Waals surface area contributed by atoms with Crippen molar-refractivity contribution in [3.8, 4) is 5.75 Å². The molecule has 0 aliphatic rings. The number of hydrogen-bond donors (Lipinski definition) is 1. The predicted octanol–water partition coefficient (Wildman–Crippen LogP) is 2.58. The van der Waals surface area contributed by atoms with E-state index in [0.29, 0.717) is 5.56 Å². The van der Waals surface area contributed by atoms with Crippen molar-refractivity contribution in [3.63, 3.8) is 0 Å². The van der Waals surface area contributed by atoms with Crippen LogP contribution in [0.25, 0.3) is 0 Å². The Balaban J connectivity index is 3.29. The van der Waals surface area contributed by atoms with Gasteiger partial charge in [0.2, 0.25) is 0 Å². The molecule has 0 amide bonds. The van der Waals surface area contributed by atoms with Crippen molar-refractivity contribution in [2.75, 3.05) is 0 Å². The largest absolute Gasteiger partial charge is 0.508 e. The van der Waals surface area contributed by atoms with Gasteiger partial charge >= 0.3 is 0 Å². The van der Waals surface area contributed by atoms with Crippen LogP contribution < -0.4 is 0 Å². The molecule has 1 aromatic rings. The lowest BCUT2D eigenvalue weighted by Gasteiger charge is -2.20. The molecule has 0 atom stereocenters. The average molecular weight is 190 g/mol. The molecule has 1 rings (SSSR count). The first-order valence-electron chi connectivity index (χ1n) is 4.45. The molecule has 0 saturated heterocycles. The van der Waals surface area contributed by atoms with Crippen molar-refractivity contribution >= 4 is 5.78 Å². The molecule has 0 spiro atoms. The van der Waals surface area contributed by atoms with Gasteiger partial charge < -0.3 is 5.11 Å². The monoisotopic (exact) mass is 190 g/mol. The van der Waals surface area contributed by atoms with E-state index in [0.717, 1.165) is 5.56 Å². The second kappa shape index (κ2) is 3.45. The zero-order valence-corrected chi connectivity index (χ0v) is 8.66. The Morgan fingerprint density at radius 1 is 1.36 bits per heavy atom. The first-order chi connectivity index (χ1) is 6.32. The van der Waals surface area contributed by atoms with E-state index in [1.165, 1.54) is 12.1 Å². The van der Waals surface area contributed by atoms with Crippen LogP contribution in [0.4, 0.5) is 0 Å². The molecule has 2 nitrogen and oxygen atoms in total. The molecular weight excluding hydrogens is 176 g/mol. The summed E-state index contributed by atoms with van der Waals surface area (Å²) in [6, 6.07) is 4.66. The van der Waals surface area contributed by atoms with E-state index in [4.69, 9.17) is 6.92 Å². The second-order valence-corrected chi connectivity index (χ2v) is 4.35. The molecule has 1 N–H and O–H groups in total. The number of carbonyl (C=O) groups is 1. The van der Waals surface area contributed by atoms with Gasteiger partial charge in [-0.2, -0.15) is 0 Å².